The number of unbranched alkanes of at least 4 members (excludes halogenated alkanes) is 42. The molecule has 7 aromatic carbocycles. The molecule has 0 aliphatic heterocycles. The first-order valence-electron chi connectivity index (χ1n) is 46.8. The summed E-state index contributed by atoms with van der Waals surface area (Å²) in [6.45, 7) is 20.3. The Morgan fingerprint density at radius 2 is 0.431 bits per heavy atom. The van der Waals surface area contributed by atoms with Crippen molar-refractivity contribution >= 4 is 17.1 Å². The maximum absolute atomic E-state index is 15.0. The highest BCUT2D eigenvalue weighted by atomic mass is 16.3. The maximum atomic E-state index is 15.0. The van der Waals surface area contributed by atoms with Gasteiger partial charge in [0.2, 0.25) is 0 Å². The number of phenolic OH excluding ortho intramolecular Hbond substituents is 1. The summed E-state index contributed by atoms with van der Waals surface area (Å²) in [5.74, 6) is 0.463. The van der Waals surface area contributed by atoms with Crippen LogP contribution >= 0.6 is 0 Å². The standard InChI is InChI=1S/C105H153N3O/c1-7-13-19-25-31-37-43-55-73-106(74-56-44-38-32-26-20-14-8-2)99-70-67-91-88-64-52-49-61-84(88)79-94(91)102(99)87-82-97(103-95-80-85-62-50-53-65-89(85)92(95)68-71-100(103)107(75-57-45-39-33-27-21-15-9-3)76-58-46-40-34-28-22-16-10-4)105(109)98(83-87)104-96-81-86-63-51-54-66-90(86)93(96)69-72-101(104)108(77-59-47-41-35-29-23-17-11-5)78-60-48-42-36-30-24-18-12-6/h49-54,61-72,82-83,109H,7-48,55-60,73-81H2,1-6H3. The van der Waals surface area contributed by atoms with Crippen LogP contribution in [0.5, 0.6) is 5.75 Å². The molecule has 0 saturated carbocycles. The lowest BCUT2D eigenvalue weighted by atomic mass is 9.83. The molecular weight excluding hydrogens is 1320 g/mol. The second-order valence-corrected chi connectivity index (χ2v) is 34.2. The van der Waals surface area contributed by atoms with Gasteiger partial charge >= 0.3 is 0 Å². The summed E-state index contributed by atoms with van der Waals surface area (Å²) in [4.78, 5) is 8.61. The number of hydrogen-bond acceptors (Lipinski definition) is 4. The van der Waals surface area contributed by atoms with E-state index in [0.29, 0.717) is 5.75 Å². The van der Waals surface area contributed by atoms with Crippen molar-refractivity contribution in [1.82, 2.24) is 0 Å². The molecule has 7 aromatic rings. The maximum Gasteiger partial charge on any atom is 0.131 e. The van der Waals surface area contributed by atoms with Crippen molar-refractivity contribution in [2.24, 2.45) is 0 Å². The third-order valence-electron chi connectivity index (χ3n) is 25.5. The van der Waals surface area contributed by atoms with Crippen LogP contribution in [0.25, 0.3) is 66.8 Å². The number of fused-ring (bicyclic) bond motifs is 9. The van der Waals surface area contributed by atoms with Gasteiger partial charge in [0.25, 0.3) is 0 Å². The van der Waals surface area contributed by atoms with E-state index in [1.54, 1.807) is 0 Å². The van der Waals surface area contributed by atoms with Crippen molar-refractivity contribution in [3.8, 4) is 72.5 Å². The first kappa shape index (κ1) is 85.2. The molecule has 0 heterocycles. The number of benzene rings is 7. The number of phenols is 1. The Bertz CT molecular complexity index is 3510. The molecule has 0 bridgehead atoms. The minimum atomic E-state index is 0.463. The van der Waals surface area contributed by atoms with Crippen molar-refractivity contribution in [2.75, 3.05) is 54.0 Å². The quantitative estimate of drug-likeness (QED) is 0.0385. The van der Waals surface area contributed by atoms with Gasteiger partial charge < -0.3 is 19.8 Å². The van der Waals surface area contributed by atoms with E-state index in [4.69, 9.17) is 0 Å². The molecular formula is C105H153N3O. The minimum absolute atomic E-state index is 0.463. The zero-order valence-corrected chi connectivity index (χ0v) is 70.6. The third-order valence-corrected chi connectivity index (χ3v) is 25.5. The second-order valence-electron chi connectivity index (χ2n) is 34.2. The Hall–Kier alpha value is -6.26. The van der Waals surface area contributed by atoms with Crippen LogP contribution < -0.4 is 14.7 Å². The molecule has 109 heavy (non-hydrogen) atoms. The smallest absolute Gasteiger partial charge is 0.131 e. The number of nitrogens with zero attached hydrogens (tertiary/aromatic N) is 3. The van der Waals surface area contributed by atoms with Gasteiger partial charge in [-0.1, -0.05) is 402 Å². The van der Waals surface area contributed by atoms with Crippen LogP contribution in [0, 0.1) is 0 Å². The van der Waals surface area contributed by atoms with Crippen molar-refractivity contribution < 1.29 is 5.11 Å². The van der Waals surface area contributed by atoms with E-state index in [1.165, 1.54) is 414 Å². The molecule has 0 atom stereocenters. The van der Waals surface area contributed by atoms with Crippen LogP contribution in [-0.2, 0) is 19.3 Å². The normalized spacial score (nSPS) is 12.4. The van der Waals surface area contributed by atoms with Gasteiger partial charge in [0.15, 0.2) is 0 Å². The zero-order valence-electron chi connectivity index (χ0n) is 70.6. The summed E-state index contributed by atoms with van der Waals surface area (Å²) in [6, 6.07) is 48.5. The Kier molecular flexibility index (Phi) is 38.0. The fourth-order valence-corrected chi connectivity index (χ4v) is 19.1. The summed E-state index contributed by atoms with van der Waals surface area (Å²) in [5, 5.41) is 15.0. The van der Waals surface area contributed by atoms with Crippen LogP contribution in [0.2, 0.25) is 0 Å². The molecule has 594 valence electrons. The topological polar surface area (TPSA) is 30.0 Å². The fourth-order valence-electron chi connectivity index (χ4n) is 19.1. The molecule has 3 aliphatic rings. The summed E-state index contributed by atoms with van der Waals surface area (Å²) in [7, 11) is 0. The third kappa shape index (κ3) is 24.9. The molecule has 0 aromatic heterocycles. The number of aromatic hydroxyl groups is 1. The summed E-state index contributed by atoms with van der Waals surface area (Å²) >= 11 is 0. The lowest BCUT2D eigenvalue weighted by Crippen LogP contribution is -2.27. The Balaban J connectivity index is 1.21. The predicted molar refractivity (Wildman–Crippen MR) is 481 cm³/mol. The van der Waals surface area contributed by atoms with E-state index in [-0.39, 0.29) is 0 Å². The second kappa shape index (κ2) is 48.6. The largest absolute Gasteiger partial charge is 0.507 e. The highest BCUT2D eigenvalue weighted by Gasteiger charge is 2.34. The molecule has 3 aliphatic carbocycles. The van der Waals surface area contributed by atoms with E-state index in [2.05, 4.69) is 178 Å². The van der Waals surface area contributed by atoms with E-state index in [9.17, 15) is 5.11 Å². The van der Waals surface area contributed by atoms with Crippen LogP contribution in [0.15, 0.2) is 121 Å². The van der Waals surface area contributed by atoms with Gasteiger partial charge in [-0.3, -0.25) is 0 Å². The Morgan fingerprint density at radius 3 is 0.679 bits per heavy atom. The number of anilines is 3. The van der Waals surface area contributed by atoms with Gasteiger partial charge in [0, 0.05) is 84.1 Å². The van der Waals surface area contributed by atoms with Crippen LogP contribution in [0.1, 0.15) is 383 Å². The molecule has 10 rings (SSSR count). The minimum Gasteiger partial charge on any atom is -0.507 e. The first-order valence-corrected chi connectivity index (χ1v) is 46.8. The molecule has 4 heteroatoms. The van der Waals surface area contributed by atoms with E-state index >= 15 is 0 Å². The highest BCUT2D eigenvalue weighted by molar-refractivity contribution is 6.03. The average Bonchev–Trinajstić information content (AvgIpc) is 1.70. The fraction of sp³-hybridized carbons (Fsp3) is 0.600. The van der Waals surface area contributed by atoms with Crippen LogP contribution in [0.3, 0.4) is 0 Å². The van der Waals surface area contributed by atoms with Gasteiger partial charge in [-0.15, -0.1) is 0 Å². The molecule has 4 nitrogen and oxygen atoms in total. The van der Waals surface area contributed by atoms with E-state index in [0.717, 1.165) is 69.7 Å². The first-order chi connectivity index (χ1) is 53.9. The van der Waals surface area contributed by atoms with Gasteiger partial charge in [0.1, 0.15) is 5.75 Å². The molecule has 0 saturated heterocycles. The monoisotopic (exact) mass is 1470 g/mol. The van der Waals surface area contributed by atoms with E-state index < -0.39 is 0 Å². The lowest BCUT2D eigenvalue weighted by Gasteiger charge is -2.32. The molecule has 0 spiro atoms. The highest BCUT2D eigenvalue weighted by Crippen LogP contribution is 2.57. The SMILES string of the molecule is CCCCCCCCCCN(CCCCCCCCCC)c1ccc2c(c1-c1cc(-c3c(N(CCCCCCCCCC)CCCCCCCCCC)ccc4c3Cc3ccccc3-4)c(O)c(-c3c(N(CCCCCCCCCC)CCCCCCCCCC)ccc4c3Cc3ccccc3-4)c1)Cc1ccccc1-2. The Labute approximate surface area is 668 Å². The van der Waals surface area contributed by atoms with Gasteiger partial charge in [-0.05, 0) is 160 Å². The van der Waals surface area contributed by atoms with Crippen molar-refractivity contribution in [1.29, 1.82) is 0 Å². The number of hydrogen-bond donors (Lipinski definition) is 1. The van der Waals surface area contributed by atoms with Gasteiger partial charge in [-0.25, -0.2) is 0 Å². The zero-order chi connectivity index (χ0) is 75.9. The summed E-state index contributed by atoms with van der Waals surface area (Å²) in [5.41, 5.74) is 28.0. The van der Waals surface area contributed by atoms with Crippen molar-refractivity contribution in [3.05, 3.63) is 155 Å². The molecule has 0 radical (unpaired) electrons. The predicted octanol–water partition coefficient (Wildman–Crippen LogP) is 32.4. The van der Waals surface area contributed by atoms with Crippen LogP contribution in [0.4, 0.5) is 17.1 Å². The van der Waals surface area contributed by atoms with Crippen molar-refractivity contribution in [3.63, 3.8) is 0 Å². The van der Waals surface area contributed by atoms with Crippen LogP contribution in [-0.4, -0.2) is 44.4 Å². The summed E-state index contributed by atoms with van der Waals surface area (Å²) in [6.07, 6.45) is 65.4. The molecule has 1 N–H and O–H groups in total. The lowest BCUT2D eigenvalue weighted by molar-refractivity contribution is 0.479. The van der Waals surface area contributed by atoms with Crippen molar-refractivity contribution in [2.45, 2.75) is 369 Å². The average molecular weight is 1470 g/mol. The number of rotatable bonds is 60. The summed E-state index contributed by atoms with van der Waals surface area (Å²) < 4.78 is 0. The van der Waals surface area contributed by atoms with E-state index in [1.807, 2.05) is 0 Å². The Morgan fingerprint density at radius 1 is 0.220 bits per heavy atom. The molecule has 0 unspecified atom stereocenters. The van der Waals surface area contributed by atoms with Gasteiger partial charge in [0.05, 0.1) is 0 Å². The molecule has 0 fully saturated rings. The van der Waals surface area contributed by atoms with Gasteiger partial charge in [-0.2, -0.15) is 0 Å². The molecule has 0 amide bonds.